The lowest BCUT2D eigenvalue weighted by molar-refractivity contribution is -0.909. The van der Waals surface area contributed by atoms with E-state index >= 15 is 4.39 Å². The predicted molar refractivity (Wildman–Crippen MR) is 155 cm³/mol. The van der Waals surface area contributed by atoms with Crippen molar-refractivity contribution in [1.82, 2.24) is 15.6 Å². The van der Waals surface area contributed by atoms with Gasteiger partial charge in [-0.1, -0.05) is 30.3 Å². The average Bonchev–Trinajstić information content (AvgIpc) is 3.04. The van der Waals surface area contributed by atoms with Gasteiger partial charge in [0.05, 0.1) is 7.11 Å². The van der Waals surface area contributed by atoms with Crippen LogP contribution in [0.1, 0.15) is 32.0 Å². The number of hydrogen-bond donors (Lipinski definition) is 3. The summed E-state index contributed by atoms with van der Waals surface area (Å²) in [6.07, 6.45) is 2.99. The number of aromatic nitrogens is 2. The van der Waals surface area contributed by atoms with Crippen molar-refractivity contribution in [2.75, 3.05) is 7.11 Å². The maximum absolute atomic E-state index is 15.0. The minimum Gasteiger partial charge on any atom is -0.497 e. The molecule has 0 aliphatic carbocycles. The van der Waals surface area contributed by atoms with Gasteiger partial charge in [0.2, 0.25) is 12.1 Å². The van der Waals surface area contributed by atoms with Crippen LogP contribution >= 0.6 is 0 Å². The van der Waals surface area contributed by atoms with Crippen LogP contribution in [0.3, 0.4) is 0 Å². The number of carbonyl (C=O) groups is 2. The highest BCUT2D eigenvalue weighted by Crippen LogP contribution is 2.27. The number of rotatable bonds is 10. The number of methoxy groups -OCH3 is 1. The van der Waals surface area contributed by atoms with Crippen LogP contribution in [0.4, 0.5) is 4.39 Å². The molecule has 10 heteroatoms. The summed E-state index contributed by atoms with van der Waals surface area (Å²) in [5, 5.41) is 15.3. The van der Waals surface area contributed by atoms with Crippen LogP contribution in [0.2, 0.25) is 0 Å². The fourth-order valence-electron chi connectivity index (χ4n) is 4.26. The van der Waals surface area contributed by atoms with E-state index in [2.05, 4.69) is 15.6 Å². The summed E-state index contributed by atoms with van der Waals surface area (Å²) < 4.78 is 27.0. The standard InChI is InChI=1S/C33H27FN4O5/c1-42-27-7-4-8-28(19-27)43-33-29(9-5-16-35-33)32(40)36-20-25-15-14-24(18-30(25)34)22-10-12-23(13-11-22)31(39)37-21-26-6-2-3-17-38(26)41/h2-19H,20-21H2,1H3,(H2-,36,37,39,40,41)/p+1. The van der Waals surface area contributed by atoms with Gasteiger partial charge in [0.25, 0.3) is 17.5 Å². The molecule has 0 unspecified atom stereocenters. The van der Waals surface area contributed by atoms with Crippen LogP contribution < -0.4 is 24.8 Å². The molecule has 0 spiro atoms. The first-order valence-electron chi connectivity index (χ1n) is 13.3. The van der Waals surface area contributed by atoms with Crippen molar-refractivity contribution < 1.29 is 33.4 Å². The highest BCUT2D eigenvalue weighted by atomic mass is 19.1. The van der Waals surface area contributed by atoms with Gasteiger partial charge in [0.1, 0.15) is 29.4 Å². The molecule has 2 amide bonds. The van der Waals surface area contributed by atoms with Crippen molar-refractivity contribution in [3.8, 4) is 28.5 Å². The van der Waals surface area contributed by atoms with Crippen LogP contribution in [-0.2, 0) is 13.1 Å². The molecule has 0 fully saturated rings. The minimum absolute atomic E-state index is 0.0488. The van der Waals surface area contributed by atoms with Gasteiger partial charge in [0.15, 0.2) is 0 Å². The molecule has 0 atom stereocenters. The molecule has 0 saturated carbocycles. The number of ether oxygens (including phenoxy) is 2. The van der Waals surface area contributed by atoms with Gasteiger partial charge in [-0.2, -0.15) is 0 Å². The van der Waals surface area contributed by atoms with Crippen LogP contribution in [0.25, 0.3) is 11.1 Å². The lowest BCUT2D eigenvalue weighted by Crippen LogP contribution is -2.38. The van der Waals surface area contributed by atoms with E-state index in [0.29, 0.717) is 33.9 Å². The Morgan fingerprint density at radius 2 is 1.60 bits per heavy atom. The van der Waals surface area contributed by atoms with Crippen LogP contribution in [-0.4, -0.2) is 29.1 Å². The van der Waals surface area contributed by atoms with E-state index in [9.17, 15) is 14.8 Å². The van der Waals surface area contributed by atoms with Gasteiger partial charge >= 0.3 is 0 Å². The second-order valence-corrected chi connectivity index (χ2v) is 9.42. The fraction of sp³-hybridized carbons (Fsp3) is 0.0909. The third-order valence-electron chi connectivity index (χ3n) is 6.60. The number of carbonyl (C=O) groups excluding carboxylic acids is 2. The highest BCUT2D eigenvalue weighted by Gasteiger charge is 2.16. The topological polar surface area (TPSA) is 114 Å². The molecule has 43 heavy (non-hydrogen) atoms. The van der Waals surface area contributed by atoms with Crippen molar-refractivity contribution in [2.24, 2.45) is 0 Å². The summed E-state index contributed by atoms with van der Waals surface area (Å²) in [5.41, 5.74) is 2.79. The molecule has 0 aliphatic rings. The molecule has 2 aromatic heterocycles. The predicted octanol–water partition coefficient (Wildman–Crippen LogP) is 5.07. The Labute approximate surface area is 247 Å². The lowest BCUT2D eigenvalue weighted by atomic mass is 10.0. The summed E-state index contributed by atoms with van der Waals surface area (Å²) >= 11 is 0. The number of nitrogens with zero attached hydrogens (tertiary/aromatic N) is 2. The second kappa shape index (κ2) is 13.3. The smallest absolute Gasteiger partial charge is 0.257 e. The Kier molecular flexibility index (Phi) is 8.87. The average molecular weight is 580 g/mol. The third kappa shape index (κ3) is 7.12. The van der Waals surface area contributed by atoms with Crippen molar-refractivity contribution in [3.05, 3.63) is 138 Å². The van der Waals surface area contributed by atoms with Crippen molar-refractivity contribution >= 4 is 11.8 Å². The summed E-state index contributed by atoms with van der Waals surface area (Å²) in [5.74, 6) is -0.103. The molecule has 2 heterocycles. The molecule has 3 aromatic carbocycles. The first-order valence-corrected chi connectivity index (χ1v) is 13.3. The van der Waals surface area contributed by atoms with Gasteiger partial charge in [0, 0.05) is 46.8 Å². The number of pyridine rings is 2. The number of halogens is 1. The molecule has 0 bridgehead atoms. The van der Waals surface area contributed by atoms with Crippen LogP contribution in [0.15, 0.2) is 109 Å². The Balaban J connectivity index is 1.20. The molecule has 5 aromatic rings. The maximum Gasteiger partial charge on any atom is 0.257 e. The molecule has 0 aliphatic heterocycles. The zero-order chi connectivity index (χ0) is 30.2. The summed E-state index contributed by atoms with van der Waals surface area (Å²) in [6.45, 7) is 0.102. The second-order valence-electron chi connectivity index (χ2n) is 9.42. The normalized spacial score (nSPS) is 10.6. The molecule has 3 N–H and O–H groups in total. The Bertz CT molecular complexity index is 1760. The largest absolute Gasteiger partial charge is 0.497 e. The van der Waals surface area contributed by atoms with Crippen molar-refractivity contribution in [2.45, 2.75) is 13.1 Å². The van der Waals surface area contributed by atoms with E-state index in [1.165, 1.54) is 18.5 Å². The SMILES string of the molecule is COc1cccc(Oc2ncccc2C(=O)NCc2ccc(-c3ccc(C(=O)NCc4cccc[n+]4O)cc3)cc2F)c1. The quantitative estimate of drug-likeness (QED) is 0.157. The number of benzene rings is 3. The van der Waals surface area contributed by atoms with E-state index in [1.807, 2.05) is 0 Å². The summed E-state index contributed by atoms with van der Waals surface area (Å²) in [6, 6.07) is 26.7. The highest BCUT2D eigenvalue weighted by molar-refractivity contribution is 5.96. The van der Waals surface area contributed by atoms with E-state index < -0.39 is 11.7 Å². The van der Waals surface area contributed by atoms with Gasteiger partial charge in [-0.3, -0.25) is 14.8 Å². The molecule has 216 valence electrons. The zero-order valence-electron chi connectivity index (χ0n) is 23.2. The molecular weight excluding hydrogens is 551 g/mol. The van der Waals surface area contributed by atoms with Gasteiger partial charge < -0.3 is 20.1 Å². The third-order valence-corrected chi connectivity index (χ3v) is 6.60. The van der Waals surface area contributed by atoms with Gasteiger partial charge in [-0.05, 0) is 59.7 Å². The van der Waals surface area contributed by atoms with E-state index in [-0.39, 0.29) is 30.4 Å². The summed E-state index contributed by atoms with van der Waals surface area (Å²) in [7, 11) is 1.54. The van der Waals surface area contributed by atoms with Crippen LogP contribution in [0, 0.1) is 5.82 Å². The molecular formula is C33H28FN4O5+. The van der Waals surface area contributed by atoms with E-state index in [1.54, 1.807) is 98.1 Å². The molecule has 9 nitrogen and oxygen atoms in total. The first kappa shape index (κ1) is 28.7. The Morgan fingerprint density at radius 1 is 0.837 bits per heavy atom. The molecule has 0 radical (unpaired) electrons. The van der Waals surface area contributed by atoms with Crippen molar-refractivity contribution in [3.63, 3.8) is 0 Å². The minimum atomic E-state index is -0.487. The van der Waals surface area contributed by atoms with Crippen LogP contribution in [0.5, 0.6) is 17.4 Å². The Hall–Kier alpha value is -5.77. The first-order chi connectivity index (χ1) is 20.9. The van der Waals surface area contributed by atoms with E-state index in [0.717, 1.165) is 10.3 Å². The van der Waals surface area contributed by atoms with Gasteiger partial charge in [-0.25, -0.2) is 9.37 Å². The van der Waals surface area contributed by atoms with Crippen molar-refractivity contribution in [1.29, 1.82) is 0 Å². The number of amides is 2. The number of nitrogens with one attached hydrogen (secondary N) is 2. The molecule has 0 saturated heterocycles. The number of hydrogen-bond acceptors (Lipinski definition) is 6. The van der Waals surface area contributed by atoms with E-state index in [4.69, 9.17) is 9.47 Å². The zero-order valence-corrected chi connectivity index (χ0v) is 23.2. The lowest BCUT2D eigenvalue weighted by Gasteiger charge is -2.12. The van der Waals surface area contributed by atoms with Gasteiger partial charge in [-0.15, -0.1) is 0 Å². The molecule has 5 rings (SSSR count). The summed E-state index contributed by atoms with van der Waals surface area (Å²) in [4.78, 5) is 29.7. The monoisotopic (exact) mass is 579 g/mol. The maximum atomic E-state index is 15.0. The Morgan fingerprint density at radius 3 is 2.37 bits per heavy atom. The fourth-order valence-corrected chi connectivity index (χ4v) is 4.26.